The van der Waals surface area contributed by atoms with Crippen molar-refractivity contribution in [3.63, 3.8) is 0 Å². The number of carbonyl (C=O) groups excluding carboxylic acids is 1. The highest BCUT2D eigenvalue weighted by Gasteiger charge is 2.31. The number of fused-ring (bicyclic) bond motifs is 3. The van der Waals surface area contributed by atoms with Crippen LogP contribution < -0.4 is 10.9 Å². The van der Waals surface area contributed by atoms with Crippen LogP contribution in [0.3, 0.4) is 0 Å². The fourth-order valence-corrected chi connectivity index (χ4v) is 4.81. The molecule has 5 nitrogen and oxygen atoms in total. The summed E-state index contributed by atoms with van der Waals surface area (Å²) in [5.41, 5.74) is 1.36. The number of hydrogen-bond acceptors (Lipinski definition) is 3. The monoisotopic (exact) mass is 509 g/mol. The second-order valence-electron chi connectivity index (χ2n) is 9.16. The third-order valence-electron chi connectivity index (χ3n) is 6.72. The lowest BCUT2D eigenvalue weighted by Crippen LogP contribution is -2.30. The lowest BCUT2D eigenvalue weighted by molar-refractivity contribution is -0.137. The number of amides is 1. The summed E-state index contributed by atoms with van der Waals surface area (Å²) in [6.45, 7) is 1.81. The van der Waals surface area contributed by atoms with E-state index in [4.69, 9.17) is 0 Å². The number of nitrogens with one attached hydrogen (secondary N) is 1. The molecule has 2 aromatic heterocycles. The molecule has 0 saturated carbocycles. The van der Waals surface area contributed by atoms with E-state index in [1.165, 1.54) is 16.7 Å². The smallest absolute Gasteiger partial charge is 0.344 e. The van der Waals surface area contributed by atoms with Crippen molar-refractivity contribution in [2.45, 2.75) is 44.6 Å². The molecule has 1 aliphatic carbocycles. The van der Waals surface area contributed by atoms with Gasteiger partial charge in [-0.3, -0.25) is 19.1 Å². The quantitative estimate of drug-likeness (QED) is 0.358. The van der Waals surface area contributed by atoms with Gasteiger partial charge in [0.05, 0.1) is 22.8 Å². The Hall–Kier alpha value is -4.01. The van der Waals surface area contributed by atoms with Crippen LogP contribution in [0, 0.1) is 0 Å². The van der Waals surface area contributed by atoms with E-state index in [0.29, 0.717) is 34.1 Å². The lowest BCUT2D eigenvalue weighted by Gasteiger charge is -2.24. The van der Waals surface area contributed by atoms with Crippen LogP contribution in [-0.4, -0.2) is 21.6 Å². The molecule has 5 rings (SSSR count). The van der Waals surface area contributed by atoms with Crippen LogP contribution in [0.4, 0.5) is 17.6 Å². The lowest BCUT2D eigenvalue weighted by atomic mass is 9.88. The van der Waals surface area contributed by atoms with Crippen LogP contribution in [0.1, 0.15) is 52.1 Å². The van der Waals surface area contributed by atoms with E-state index in [9.17, 15) is 27.2 Å². The summed E-state index contributed by atoms with van der Waals surface area (Å²) in [5.74, 6) is -0.347. The number of aryl methyl sites for hydroxylation is 1. The first-order valence-electron chi connectivity index (χ1n) is 11.9. The molecule has 1 N–H and O–H groups in total. The van der Waals surface area contributed by atoms with E-state index < -0.39 is 23.5 Å². The number of carbonyl (C=O) groups is 1. The second-order valence-corrected chi connectivity index (χ2v) is 9.16. The molecule has 37 heavy (non-hydrogen) atoms. The van der Waals surface area contributed by atoms with E-state index in [1.54, 1.807) is 36.5 Å². The number of rotatable bonds is 4. The van der Waals surface area contributed by atoms with Gasteiger partial charge in [-0.25, -0.2) is 4.39 Å². The number of nitrogens with zero attached hydrogens (tertiary/aromatic N) is 2. The topological polar surface area (TPSA) is 64.0 Å². The number of alkyl halides is 4. The maximum atomic E-state index is 14.3. The Morgan fingerprint density at radius 2 is 1.84 bits per heavy atom. The van der Waals surface area contributed by atoms with Gasteiger partial charge in [0.25, 0.3) is 11.5 Å². The van der Waals surface area contributed by atoms with Crippen molar-refractivity contribution in [2.24, 2.45) is 0 Å². The van der Waals surface area contributed by atoms with Gasteiger partial charge in [-0.1, -0.05) is 6.07 Å². The summed E-state index contributed by atoms with van der Waals surface area (Å²) in [7, 11) is 0. The van der Waals surface area contributed by atoms with Crippen molar-refractivity contribution in [3.05, 3.63) is 105 Å². The summed E-state index contributed by atoms with van der Waals surface area (Å²) in [6.07, 6.45) is -3.58. The van der Waals surface area contributed by atoms with Crippen molar-refractivity contribution in [3.8, 4) is 5.69 Å². The number of benzene rings is 2. The zero-order valence-corrected chi connectivity index (χ0v) is 19.8. The minimum atomic E-state index is -4.52. The molecule has 1 amide bonds. The SMILES string of the molecule is C[C@H](NC(=O)c1ccc2c(c1)c1c(c(=O)n2-c2ccc(C(F)(F)F)cc2)CC(F)CC1)c1ccccn1. The number of aromatic nitrogens is 2. The highest BCUT2D eigenvalue weighted by molar-refractivity contribution is 5.99. The molecular formula is C28H23F4N3O2. The molecule has 0 fully saturated rings. The van der Waals surface area contributed by atoms with Gasteiger partial charge in [-0.05, 0) is 79.9 Å². The van der Waals surface area contributed by atoms with Gasteiger partial charge >= 0.3 is 6.18 Å². The molecule has 0 radical (unpaired) electrons. The minimum Gasteiger partial charge on any atom is -0.344 e. The zero-order valence-electron chi connectivity index (χ0n) is 19.8. The van der Waals surface area contributed by atoms with Crippen molar-refractivity contribution >= 4 is 16.8 Å². The fraction of sp³-hybridized carbons (Fsp3) is 0.250. The van der Waals surface area contributed by atoms with Crippen LogP contribution >= 0.6 is 0 Å². The molecule has 190 valence electrons. The predicted molar refractivity (Wildman–Crippen MR) is 132 cm³/mol. The largest absolute Gasteiger partial charge is 0.416 e. The molecule has 0 aliphatic heterocycles. The molecule has 1 unspecified atom stereocenters. The van der Waals surface area contributed by atoms with Crippen LogP contribution in [0.2, 0.25) is 0 Å². The van der Waals surface area contributed by atoms with E-state index in [2.05, 4.69) is 10.3 Å². The molecule has 4 aromatic rings. The predicted octanol–water partition coefficient (Wildman–Crippen LogP) is 5.72. The summed E-state index contributed by atoms with van der Waals surface area (Å²) in [4.78, 5) is 30.8. The van der Waals surface area contributed by atoms with Crippen molar-refractivity contribution in [1.82, 2.24) is 14.9 Å². The van der Waals surface area contributed by atoms with Gasteiger partial charge < -0.3 is 5.32 Å². The number of hydrogen-bond donors (Lipinski definition) is 1. The molecule has 2 aromatic carbocycles. The Kier molecular flexibility index (Phi) is 6.31. The molecule has 0 spiro atoms. The van der Waals surface area contributed by atoms with Crippen LogP contribution in [-0.2, 0) is 19.0 Å². The highest BCUT2D eigenvalue weighted by atomic mass is 19.4. The molecule has 9 heteroatoms. The number of pyridine rings is 2. The Morgan fingerprint density at radius 1 is 1.08 bits per heavy atom. The Balaban J connectivity index is 1.61. The minimum absolute atomic E-state index is 0.0854. The third kappa shape index (κ3) is 4.73. The summed E-state index contributed by atoms with van der Waals surface area (Å²) >= 11 is 0. The van der Waals surface area contributed by atoms with E-state index in [-0.39, 0.29) is 36.0 Å². The van der Waals surface area contributed by atoms with E-state index in [1.807, 2.05) is 13.0 Å². The molecule has 2 heterocycles. The van der Waals surface area contributed by atoms with E-state index >= 15 is 0 Å². The molecule has 2 atom stereocenters. The third-order valence-corrected chi connectivity index (χ3v) is 6.72. The molecule has 1 aliphatic rings. The van der Waals surface area contributed by atoms with Gasteiger partial charge in [-0.15, -0.1) is 0 Å². The van der Waals surface area contributed by atoms with Gasteiger partial charge in [0.2, 0.25) is 0 Å². The average Bonchev–Trinajstić information content (AvgIpc) is 2.89. The maximum Gasteiger partial charge on any atom is 0.416 e. The van der Waals surface area contributed by atoms with Gasteiger partial charge in [0.1, 0.15) is 6.17 Å². The maximum absolute atomic E-state index is 14.3. The van der Waals surface area contributed by atoms with Crippen LogP contribution in [0.5, 0.6) is 0 Å². The van der Waals surface area contributed by atoms with Crippen molar-refractivity contribution in [1.29, 1.82) is 0 Å². The van der Waals surface area contributed by atoms with Gasteiger partial charge in [0, 0.05) is 34.8 Å². The van der Waals surface area contributed by atoms with Gasteiger partial charge in [0.15, 0.2) is 0 Å². The number of halogens is 4. The van der Waals surface area contributed by atoms with Crippen LogP contribution in [0.25, 0.3) is 16.6 Å². The Labute approximate surface area is 209 Å². The fourth-order valence-electron chi connectivity index (χ4n) is 4.81. The normalized spacial score (nSPS) is 16.3. The zero-order chi connectivity index (χ0) is 26.3. The summed E-state index contributed by atoms with van der Waals surface area (Å²) in [6, 6.07) is 14.2. The van der Waals surface area contributed by atoms with E-state index in [0.717, 1.165) is 12.1 Å². The Morgan fingerprint density at radius 3 is 2.51 bits per heavy atom. The first-order chi connectivity index (χ1) is 17.6. The van der Waals surface area contributed by atoms with Crippen LogP contribution in [0.15, 0.2) is 71.7 Å². The summed E-state index contributed by atoms with van der Waals surface area (Å²) < 4.78 is 54.9. The van der Waals surface area contributed by atoms with Crippen molar-refractivity contribution < 1.29 is 22.4 Å². The summed E-state index contributed by atoms with van der Waals surface area (Å²) in [5, 5.41) is 3.50. The van der Waals surface area contributed by atoms with Gasteiger partial charge in [-0.2, -0.15) is 13.2 Å². The Bertz CT molecular complexity index is 1530. The highest BCUT2D eigenvalue weighted by Crippen LogP contribution is 2.32. The first kappa shape index (κ1) is 24.7. The second kappa shape index (κ2) is 9.46. The standard InChI is InChI=1S/C28H23F4N3O2/c1-16(24-4-2-3-13-33-24)34-26(36)17-5-12-25-22(14-17)21-11-8-19(29)15-23(21)27(37)35(25)20-9-6-18(7-10-20)28(30,31)32/h2-7,9-10,12-14,16,19H,8,11,15H2,1H3,(H,34,36)/t16-,19?/m0/s1. The first-order valence-corrected chi connectivity index (χ1v) is 11.9. The molecular weight excluding hydrogens is 486 g/mol. The molecule has 0 saturated heterocycles. The van der Waals surface area contributed by atoms with Crippen molar-refractivity contribution in [2.75, 3.05) is 0 Å². The molecule has 0 bridgehead atoms. The average molecular weight is 510 g/mol.